The first-order valence-electron chi connectivity index (χ1n) is 6.96. The van der Waals surface area contributed by atoms with E-state index in [-0.39, 0.29) is 0 Å². The number of hydrogen-bond donors (Lipinski definition) is 1. The van der Waals surface area contributed by atoms with Gasteiger partial charge in [0.1, 0.15) is 11.8 Å². The molecule has 1 N–H and O–H groups in total. The van der Waals surface area contributed by atoms with Crippen molar-refractivity contribution in [3.8, 4) is 6.07 Å². The predicted octanol–water partition coefficient (Wildman–Crippen LogP) is 2.42. The van der Waals surface area contributed by atoms with Crippen LogP contribution in [0.15, 0.2) is 18.3 Å². The van der Waals surface area contributed by atoms with Crippen LogP contribution in [0.5, 0.6) is 0 Å². The molecule has 1 atom stereocenters. The maximum atomic E-state index is 11.7. The third-order valence-corrected chi connectivity index (χ3v) is 3.99. The van der Waals surface area contributed by atoms with Crippen molar-refractivity contribution in [1.29, 1.82) is 5.26 Å². The van der Waals surface area contributed by atoms with Crippen molar-refractivity contribution in [3.05, 3.63) is 24.0 Å². The van der Waals surface area contributed by atoms with E-state index >= 15 is 0 Å². The molecule has 20 heavy (non-hydrogen) atoms. The molecule has 5 nitrogen and oxygen atoms in total. The molecule has 1 aliphatic rings. The number of aliphatic carboxylic acids is 1. The van der Waals surface area contributed by atoms with Crippen LogP contribution in [0.1, 0.15) is 38.3 Å². The number of hydrogen-bond acceptors (Lipinski definition) is 4. The number of aromatic nitrogens is 1. The first-order chi connectivity index (χ1) is 9.61. The largest absolute Gasteiger partial charge is 0.481 e. The molecule has 106 valence electrons. The number of anilines is 1. The van der Waals surface area contributed by atoms with Crippen molar-refractivity contribution in [3.63, 3.8) is 0 Å². The number of nitriles is 1. The van der Waals surface area contributed by atoms with Gasteiger partial charge >= 0.3 is 5.97 Å². The van der Waals surface area contributed by atoms with Crippen molar-refractivity contribution in [2.24, 2.45) is 5.41 Å². The van der Waals surface area contributed by atoms with Gasteiger partial charge in [-0.1, -0.05) is 13.3 Å². The highest BCUT2D eigenvalue weighted by atomic mass is 16.4. The summed E-state index contributed by atoms with van der Waals surface area (Å²) in [6.07, 6.45) is 4.82. The highest BCUT2D eigenvalue weighted by molar-refractivity contribution is 5.76. The summed E-state index contributed by atoms with van der Waals surface area (Å²) in [6.45, 7) is 3.38. The zero-order valence-electron chi connectivity index (χ0n) is 11.7. The van der Waals surface area contributed by atoms with Gasteiger partial charge in [-0.05, 0) is 31.4 Å². The maximum Gasteiger partial charge on any atom is 0.311 e. The Bertz CT molecular complexity index is 517. The van der Waals surface area contributed by atoms with Gasteiger partial charge in [0.15, 0.2) is 0 Å². The van der Waals surface area contributed by atoms with Gasteiger partial charge in [0.2, 0.25) is 0 Å². The fourth-order valence-electron chi connectivity index (χ4n) is 2.96. The molecular weight excluding hydrogens is 254 g/mol. The summed E-state index contributed by atoms with van der Waals surface area (Å²) in [5.41, 5.74) is 0.621. The average molecular weight is 273 g/mol. The topological polar surface area (TPSA) is 77.2 Å². The molecule has 0 bridgehead atoms. The molecule has 2 heterocycles. The van der Waals surface area contributed by atoms with Crippen LogP contribution in [0, 0.1) is 16.7 Å². The highest BCUT2D eigenvalue weighted by Crippen LogP contribution is 2.36. The van der Waals surface area contributed by atoms with Gasteiger partial charge in [0.25, 0.3) is 0 Å². The van der Waals surface area contributed by atoms with Gasteiger partial charge < -0.3 is 10.0 Å². The SMILES string of the molecule is CCCC1(C(=O)O)CCCN(c2ccc(C#N)nc2)C1. The fraction of sp³-hybridized carbons (Fsp3) is 0.533. The quantitative estimate of drug-likeness (QED) is 0.911. The van der Waals surface area contributed by atoms with Gasteiger partial charge in [-0.25, -0.2) is 4.98 Å². The van der Waals surface area contributed by atoms with Gasteiger partial charge in [-0.15, -0.1) is 0 Å². The summed E-state index contributed by atoms with van der Waals surface area (Å²) in [7, 11) is 0. The van der Waals surface area contributed by atoms with Crippen molar-refractivity contribution in [1.82, 2.24) is 4.98 Å². The van der Waals surface area contributed by atoms with Crippen LogP contribution in [0.4, 0.5) is 5.69 Å². The number of carboxylic acids is 1. The lowest BCUT2D eigenvalue weighted by molar-refractivity contribution is -0.150. The smallest absolute Gasteiger partial charge is 0.311 e. The Labute approximate surface area is 118 Å². The molecule has 1 aromatic heterocycles. The number of nitrogens with zero attached hydrogens (tertiary/aromatic N) is 3. The molecule has 0 amide bonds. The summed E-state index contributed by atoms with van der Waals surface area (Å²) in [4.78, 5) is 17.8. The van der Waals surface area contributed by atoms with Gasteiger partial charge in [-0.3, -0.25) is 4.79 Å². The Balaban J connectivity index is 2.20. The van der Waals surface area contributed by atoms with E-state index in [0.717, 1.165) is 31.5 Å². The predicted molar refractivity (Wildman–Crippen MR) is 75.4 cm³/mol. The molecule has 2 rings (SSSR count). The number of piperidine rings is 1. The standard InChI is InChI=1S/C15H19N3O2/c1-2-6-15(14(19)20)7-3-8-18(11-15)13-5-4-12(9-16)17-10-13/h4-5,10H,2-3,6-8,11H2,1H3,(H,19,20). The fourth-order valence-corrected chi connectivity index (χ4v) is 2.96. The Morgan fingerprint density at radius 1 is 1.60 bits per heavy atom. The molecule has 5 heteroatoms. The molecular formula is C15H19N3O2. The molecule has 1 saturated heterocycles. The van der Waals surface area contributed by atoms with Crippen LogP contribution < -0.4 is 4.90 Å². The van der Waals surface area contributed by atoms with Crippen LogP contribution in [0.2, 0.25) is 0 Å². The Morgan fingerprint density at radius 3 is 2.95 bits per heavy atom. The Kier molecular flexibility index (Phi) is 4.23. The number of pyridine rings is 1. The lowest BCUT2D eigenvalue weighted by Crippen LogP contribution is -2.48. The molecule has 1 fully saturated rings. The summed E-state index contributed by atoms with van der Waals surface area (Å²) in [5, 5.41) is 18.3. The lowest BCUT2D eigenvalue weighted by Gasteiger charge is -2.41. The molecule has 0 aromatic carbocycles. The second-order valence-electron chi connectivity index (χ2n) is 5.37. The monoisotopic (exact) mass is 273 g/mol. The van der Waals surface area contributed by atoms with Gasteiger partial charge in [0.05, 0.1) is 17.3 Å². The second-order valence-corrected chi connectivity index (χ2v) is 5.37. The molecule has 1 aliphatic heterocycles. The minimum absolute atomic E-state index is 0.379. The maximum absolute atomic E-state index is 11.7. The third-order valence-electron chi connectivity index (χ3n) is 3.99. The van der Waals surface area contributed by atoms with Crippen LogP contribution in [0.3, 0.4) is 0 Å². The normalized spacial score (nSPS) is 22.3. The summed E-state index contributed by atoms with van der Waals surface area (Å²) in [5.74, 6) is -0.703. The Hall–Kier alpha value is -2.09. The lowest BCUT2D eigenvalue weighted by atomic mass is 9.76. The van der Waals surface area contributed by atoms with E-state index in [1.54, 1.807) is 12.3 Å². The Morgan fingerprint density at radius 2 is 2.40 bits per heavy atom. The number of rotatable bonds is 4. The van der Waals surface area contributed by atoms with E-state index in [2.05, 4.69) is 9.88 Å². The minimum atomic E-state index is -0.703. The first kappa shape index (κ1) is 14.3. The van der Waals surface area contributed by atoms with Crippen molar-refractivity contribution in [2.45, 2.75) is 32.6 Å². The van der Waals surface area contributed by atoms with E-state index < -0.39 is 11.4 Å². The zero-order valence-corrected chi connectivity index (χ0v) is 11.7. The minimum Gasteiger partial charge on any atom is -0.481 e. The van der Waals surface area contributed by atoms with E-state index in [4.69, 9.17) is 5.26 Å². The second kappa shape index (κ2) is 5.91. The molecule has 1 unspecified atom stereocenters. The molecule has 0 spiro atoms. The van der Waals surface area contributed by atoms with E-state index in [0.29, 0.717) is 18.7 Å². The summed E-state index contributed by atoms with van der Waals surface area (Å²) >= 11 is 0. The van der Waals surface area contributed by atoms with Crippen LogP contribution in [-0.4, -0.2) is 29.1 Å². The van der Waals surface area contributed by atoms with E-state index in [1.807, 2.05) is 19.1 Å². The number of carboxylic acid groups (broad SMARTS) is 1. The van der Waals surface area contributed by atoms with Crippen molar-refractivity contribution >= 4 is 11.7 Å². The van der Waals surface area contributed by atoms with Crippen LogP contribution in [0.25, 0.3) is 0 Å². The zero-order chi connectivity index (χ0) is 14.6. The summed E-state index contributed by atoms with van der Waals surface area (Å²) in [6, 6.07) is 5.50. The van der Waals surface area contributed by atoms with Crippen LogP contribution in [-0.2, 0) is 4.79 Å². The van der Waals surface area contributed by atoms with E-state index in [9.17, 15) is 9.90 Å². The molecule has 0 aliphatic carbocycles. The van der Waals surface area contributed by atoms with Crippen molar-refractivity contribution in [2.75, 3.05) is 18.0 Å². The van der Waals surface area contributed by atoms with Crippen molar-refractivity contribution < 1.29 is 9.90 Å². The number of carbonyl (C=O) groups is 1. The third kappa shape index (κ3) is 2.74. The first-order valence-corrected chi connectivity index (χ1v) is 6.96. The van der Waals surface area contributed by atoms with Gasteiger partial charge in [-0.2, -0.15) is 5.26 Å². The van der Waals surface area contributed by atoms with Crippen LogP contribution >= 0.6 is 0 Å². The van der Waals surface area contributed by atoms with Gasteiger partial charge in [0, 0.05) is 13.1 Å². The highest BCUT2D eigenvalue weighted by Gasteiger charge is 2.41. The van der Waals surface area contributed by atoms with E-state index in [1.165, 1.54) is 0 Å². The molecule has 0 saturated carbocycles. The molecule has 1 aromatic rings. The summed E-state index contributed by atoms with van der Waals surface area (Å²) < 4.78 is 0. The molecule has 0 radical (unpaired) electrons. The average Bonchev–Trinajstić information content (AvgIpc) is 2.48.